The Balaban J connectivity index is 1.62. The highest BCUT2D eigenvalue weighted by atomic mass is 79.9. The second-order valence-electron chi connectivity index (χ2n) is 8.21. The number of benzene rings is 4. The van der Waals surface area contributed by atoms with Gasteiger partial charge < -0.3 is 9.84 Å². The van der Waals surface area contributed by atoms with E-state index in [1.807, 2.05) is 13.0 Å². The number of rotatable bonds is 7. The minimum Gasteiger partial charge on any atom is -0.421 e. The second-order valence-corrected chi connectivity index (χ2v) is 9.98. The minimum atomic E-state index is -1.97. The molecule has 0 aliphatic carbocycles. The van der Waals surface area contributed by atoms with E-state index in [4.69, 9.17) is 4.74 Å². The molecule has 0 atom stereocenters. The van der Waals surface area contributed by atoms with Gasteiger partial charge in [-0.25, -0.2) is 10.2 Å². The molecule has 0 radical (unpaired) electrons. The molecule has 0 spiro atoms. The Labute approximate surface area is 231 Å². The van der Waals surface area contributed by atoms with Crippen LogP contribution in [-0.2, 0) is 10.4 Å². The number of nitrogens with one attached hydrogen (secondary N) is 1. The molecule has 0 saturated carbocycles. The van der Waals surface area contributed by atoms with Crippen molar-refractivity contribution in [3.8, 4) is 5.75 Å². The standard InChI is InChI=1S/C29H22Br2N2O4/c1-19-9-8-10-20(15-19)27(34)37-26-21(16-24(30)17-25(26)31)18-32-33-28(35)29(36,22-11-4-2-5-12-22)23-13-6-3-7-14-23/h2-18,36H,1H3,(H,33,35). The highest BCUT2D eigenvalue weighted by Crippen LogP contribution is 2.33. The molecule has 0 fully saturated rings. The van der Waals surface area contributed by atoms with Gasteiger partial charge in [-0.05, 0) is 58.2 Å². The summed E-state index contributed by atoms with van der Waals surface area (Å²) in [4.78, 5) is 26.1. The van der Waals surface area contributed by atoms with Crippen molar-refractivity contribution in [2.24, 2.45) is 5.10 Å². The number of aryl methyl sites for hydroxylation is 1. The van der Waals surface area contributed by atoms with Crippen LogP contribution in [0.25, 0.3) is 0 Å². The predicted molar refractivity (Wildman–Crippen MR) is 150 cm³/mol. The molecule has 0 aliphatic heterocycles. The van der Waals surface area contributed by atoms with Crippen molar-refractivity contribution in [3.05, 3.63) is 134 Å². The summed E-state index contributed by atoms with van der Waals surface area (Å²) in [6.45, 7) is 1.89. The second kappa shape index (κ2) is 11.6. The molecule has 0 heterocycles. The lowest BCUT2D eigenvalue weighted by molar-refractivity contribution is -0.136. The molecule has 8 heteroatoms. The number of ether oxygens (including phenoxy) is 1. The van der Waals surface area contributed by atoms with E-state index in [2.05, 4.69) is 42.4 Å². The molecule has 0 bridgehead atoms. The van der Waals surface area contributed by atoms with Gasteiger partial charge in [-0.2, -0.15) is 5.10 Å². The zero-order valence-electron chi connectivity index (χ0n) is 19.7. The minimum absolute atomic E-state index is 0.231. The average Bonchev–Trinajstić information content (AvgIpc) is 2.90. The number of amides is 1. The van der Waals surface area contributed by atoms with Gasteiger partial charge >= 0.3 is 5.97 Å². The van der Waals surface area contributed by atoms with Gasteiger partial charge in [0.2, 0.25) is 0 Å². The van der Waals surface area contributed by atoms with Crippen LogP contribution in [-0.4, -0.2) is 23.2 Å². The summed E-state index contributed by atoms with van der Waals surface area (Å²) in [6.07, 6.45) is 1.35. The number of esters is 1. The number of aliphatic hydroxyl groups is 1. The molecule has 0 aromatic heterocycles. The van der Waals surface area contributed by atoms with Crippen molar-refractivity contribution >= 4 is 50.0 Å². The molecule has 1 amide bonds. The normalized spacial score (nSPS) is 11.4. The number of hydrazone groups is 1. The highest BCUT2D eigenvalue weighted by molar-refractivity contribution is 9.11. The average molecular weight is 622 g/mol. The van der Waals surface area contributed by atoms with Crippen LogP contribution in [0.1, 0.15) is 32.6 Å². The number of hydrogen-bond acceptors (Lipinski definition) is 5. The van der Waals surface area contributed by atoms with E-state index < -0.39 is 17.5 Å². The first-order valence-electron chi connectivity index (χ1n) is 11.2. The van der Waals surface area contributed by atoms with Gasteiger partial charge in [-0.1, -0.05) is 94.3 Å². The Hall–Kier alpha value is -3.59. The molecular weight excluding hydrogens is 600 g/mol. The number of carbonyl (C=O) groups excluding carboxylic acids is 2. The van der Waals surface area contributed by atoms with Crippen LogP contribution in [0.3, 0.4) is 0 Å². The lowest BCUT2D eigenvalue weighted by atomic mass is 9.85. The summed E-state index contributed by atoms with van der Waals surface area (Å²) >= 11 is 6.85. The Morgan fingerprint density at radius 1 is 0.892 bits per heavy atom. The molecule has 0 unspecified atom stereocenters. The van der Waals surface area contributed by atoms with E-state index in [0.717, 1.165) is 5.56 Å². The molecule has 186 valence electrons. The predicted octanol–water partition coefficient (Wildman–Crippen LogP) is 6.13. The van der Waals surface area contributed by atoms with E-state index in [-0.39, 0.29) is 5.75 Å². The van der Waals surface area contributed by atoms with Gasteiger partial charge in [0, 0.05) is 10.0 Å². The third-order valence-corrected chi connectivity index (χ3v) is 6.61. The summed E-state index contributed by atoms with van der Waals surface area (Å²) in [6, 6.07) is 27.8. The van der Waals surface area contributed by atoms with Crippen LogP contribution in [0.4, 0.5) is 0 Å². The van der Waals surface area contributed by atoms with Crippen LogP contribution >= 0.6 is 31.9 Å². The van der Waals surface area contributed by atoms with Gasteiger partial charge in [0.1, 0.15) is 0 Å². The summed E-state index contributed by atoms with van der Waals surface area (Å²) < 4.78 is 6.89. The fourth-order valence-electron chi connectivity index (χ4n) is 3.74. The number of hydrogen-bond donors (Lipinski definition) is 2. The van der Waals surface area contributed by atoms with Crippen molar-refractivity contribution < 1.29 is 19.4 Å². The number of halogens is 2. The Morgan fingerprint density at radius 3 is 2.11 bits per heavy atom. The summed E-state index contributed by atoms with van der Waals surface area (Å²) in [5, 5.41) is 15.6. The van der Waals surface area contributed by atoms with Crippen LogP contribution in [0.15, 0.2) is 111 Å². The topological polar surface area (TPSA) is 88.0 Å². The fraction of sp³-hybridized carbons (Fsp3) is 0.0690. The highest BCUT2D eigenvalue weighted by Gasteiger charge is 2.39. The van der Waals surface area contributed by atoms with Gasteiger partial charge in [0.15, 0.2) is 11.4 Å². The molecule has 4 aromatic carbocycles. The third-order valence-electron chi connectivity index (χ3n) is 5.57. The Bertz CT molecular complexity index is 1420. The maximum absolute atomic E-state index is 13.3. The van der Waals surface area contributed by atoms with E-state index in [9.17, 15) is 14.7 Å². The van der Waals surface area contributed by atoms with Crippen LogP contribution in [0.5, 0.6) is 5.75 Å². The SMILES string of the molecule is Cc1cccc(C(=O)Oc2c(Br)cc(Br)cc2C=NNC(=O)C(O)(c2ccccc2)c2ccccc2)c1. The summed E-state index contributed by atoms with van der Waals surface area (Å²) in [5.74, 6) is -1.05. The molecule has 2 N–H and O–H groups in total. The zero-order valence-corrected chi connectivity index (χ0v) is 22.9. The Morgan fingerprint density at radius 2 is 1.51 bits per heavy atom. The van der Waals surface area contributed by atoms with E-state index in [1.165, 1.54) is 6.21 Å². The van der Waals surface area contributed by atoms with Crippen LogP contribution in [0.2, 0.25) is 0 Å². The molecule has 37 heavy (non-hydrogen) atoms. The van der Waals surface area contributed by atoms with Gasteiger partial charge in [0.25, 0.3) is 5.91 Å². The fourth-order valence-corrected chi connectivity index (χ4v) is 5.08. The first-order chi connectivity index (χ1) is 17.8. The molecule has 0 aliphatic rings. The van der Waals surface area contributed by atoms with Crippen molar-refractivity contribution in [3.63, 3.8) is 0 Å². The van der Waals surface area contributed by atoms with Crippen molar-refractivity contribution in [1.82, 2.24) is 5.43 Å². The Kier molecular flexibility index (Phi) is 8.33. The third kappa shape index (κ3) is 6.05. The number of carbonyl (C=O) groups is 2. The van der Waals surface area contributed by atoms with Gasteiger partial charge in [-0.15, -0.1) is 0 Å². The maximum Gasteiger partial charge on any atom is 0.343 e. The lowest BCUT2D eigenvalue weighted by Gasteiger charge is -2.27. The molecule has 4 rings (SSSR count). The first-order valence-corrected chi connectivity index (χ1v) is 12.8. The van der Waals surface area contributed by atoms with E-state index >= 15 is 0 Å². The monoisotopic (exact) mass is 620 g/mol. The first kappa shape index (κ1) is 26.5. The van der Waals surface area contributed by atoms with Crippen LogP contribution < -0.4 is 10.2 Å². The summed E-state index contributed by atoms with van der Waals surface area (Å²) in [5.41, 5.74) is 3.01. The molecule has 4 aromatic rings. The van der Waals surface area contributed by atoms with Crippen LogP contribution in [0, 0.1) is 6.92 Å². The lowest BCUT2D eigenvalue weighted by Crippen LogP contribution is -2.43. The van der Waals surface area contributed by atoms with Crippen molar-refractivity contribution in [2.75, 3.05) is 0 Å². The summed E-state index contributed by atoms with van der Waals surface area (Å²) in [7, 11) is 0. The van der Waals surface area contributed by atoms with Crippen molar-refractivity contribution in [1.29, 1.82) is 0 Å². The quantitative estimate of drug-likeness (QED) is 0.113. The maximum atomic E-state index is 13.3. The van der Waals surface area contributed by atoms with Crippen molar-refractivity contribution in [2.45, 2.75) is 12.5 Å². The molecule has 0 saturated heterocycles. The van der Waals surface area contributed by atoms with Gasteiger partial charge in [0.05, 0.1) is 16.3 Å². The van der Waals surface area contributed by atoms with E-state index in [0.29, 0.717) is 31.2 Å². The zero-order chi connectivity index (χ0) is 26.4. The largest absolute Gasteiger partial charge is 0.421 e. The smallest absolute Gasteiger partial charge is 0.343 e. The van der Waals surface area contributed by atoms with Gasteiger partial charge in [-0.3, -0.25) is 4.79 Å². The van der Waals surface area contributed by atoms with E-state index in [1.54, 1.807) is 91.0 Å². The molecule has 6 nitrogen and oxygen atoms in total. The molecular formula is C29H22Br2N2O4. The number of nitrogens with zero attached hydrogens (tertiary/aromatic N) is 1.